The summed E-state index contributed by atoms with van der Waals surface area (Å²) in [6.07, 6.45) is 1.61. The Bertz CT molecular complexity index is 663. The van der Waals surface area contributed by atoms with Crippen LogP contribution in [0.1, 0.15) is 11.3 Å². The summed E-state index contributed by atoms with van der Waals surface area (Å²) in [5.41, 5.74) is 7.12. The third kappa shape index (κ3) is 2.62. The summed E-state index contributed by atoms with van der Waals surface area (Å²) in [4.78, 5) is 8.58. The van der Waals surface area contributed by atoms with Gasteiger partial charge in [0.2, 0.25) is 12.7 Å². The number of rotatable bonds is 4. The normalized spacial score (nSPS) is 12.2. The molecule has 1 aliphatic rings. The minimum absolute atomic E-state index is 0.249. The second-order valence-corrected chi connectivity index (χ2v) is 4.61. The lowest BCUT2D eigenvalue weighted by atomic mass is 10.2. The predicted molar refractivity (Wildman–Crippen MR) is 77.8 cm³/mol. The Morgan fingerprint density at radius 2 is 2.15 bits per heavy atom. The van der Waals surface area contributed by atoms with Crippen LogP contribution in [0, 0.1) is 0 Å². The molecule has 0 fully saturated rings. The molecule has 0 bridgehead atoms. The van der Waals surface area contributed by atoms with Crippen molar-refractivity contribution in [3.63, 3.8) is 0 Å². The van der Waals surface area contributed by atoms with Crippen molar-refractivity contribution >= 4 is 23.2 Å². The van der Waals surface area contributed by atoms with Crippen molar-refractivity contribution in [3.8, 4) is 11.5 Å². The largest absolute Gasteiger partial charge is 0.454 e. The van der Waals surface area contributed by atoms with Gasteiger partial charge in [0.05, 0.1) is 0 Å². The molecule has 3 rings (SSSR count). The van der Waals surface area contributed by atoms with Crippen LogP contribution >= 0.6 is 12.2 Å². The lowest BCUT2D eigenvalue weighted by Crippen LogP contribution is -2.13. The van der Waals surface area contributed by atoms with Gasteiger partial charge in [-0.1, -0.05) is 18.3 Å². The first kappa shape index (κ1) is 12.6. The highest BCUT2D eigenvalue weighted by atomic mass is 32.1. The van der Waals surface area contributed by atoms with Crippen LogP contribution in [-0.2, 0) is 6.54 Å². The van der Waals surface area contributed by atoms with Crippen molar-refractivity contribution in [2.75, 3.05) is 12.1 Å². The van der Waals surface area contributed by atoms with Gasteiger partial charge in [0.15, 0.2) is 11.5 Å². The molecule has 1 aliphatic heterocycles. The van der Waals surface area contributed by atoms with Gasteiger partial charge < -0.3 is 20.5 Å². The van der Waals surface area contributed by atoms with E-state index in [-0.39, 0.29) is 11.8 Å². The molecule has 1 aromatic heterocycles. The van der Waals surface area contributed by atoms with Gasteiger partial charge in [-0.2, -0.15) is 0 Å². The molecule has 0 amide bonds. The molecule has 102 valence electrons. The second kappa shape index (κ2) is 5.30. The summed E-state index contributed by atoms with van der Waals surface area (Å²) < 4.78 is 10.6. The van der Waals surface area contributed by atoms with Crippen molar-refractivity contribution in [2.24, 2.45) is 5.73 Å². The van der Waals surface area contributed by atoms with Gasteiger partial charge in [-0.25, -0.2) is 9.97 Å². The zero-order valence-electron chi connectivity index (χ0n) is 10.5. The Labute approximate surface area is 120 Å². The molecule has 2 heterocycles. The third-order valence-electron chi connectivity index (χ3n) is 2.80. The first-order valence-electron chi connectivity index (χ1n) is 5.97. The number of nitrogens with one attached hydrogen (secondary N) is 1. The van der Waals surface area contributed by atoms with Crippen LogP contribution in [0.15, 0.2) is 30.5 Å². The van der Waals surface area contributed by atoms with Gasteiger partial charge >= 0.3 is 0 Å². The molecule has 0 atom stereocenters. The molecule has 7 heteroatoms. The zero-order chi connectivity index (χ0) is 13.9. The fourth-order valence-electron chi connectivity index (χ4n) is 1.81. The van der Waals surface area contributed by atoms with E-state index in [1.165, 1.54) is 0 Å². The number of hydrogen-bond donors (Lipinski definition) is 2. The number of ether oxygens (including phenoxy) is 2. The summed E-state index contributed by atoms with van der Waals surface area (Å²) >= 11 is 4.88. The summed E-state index contributed by atoms with van der Waals surface area (Å²) in [7, 11) is 0. The maximum atomic E-state index is 5.53. The Kier molecular flexibility index (Phi) is 3.34. The van der Waals surface area contributed by atoms with E-state index in [1.807, 2.05) is 18.2 Å². The van der Waals surface area contributed by atoms with Crippen LogP contribution in [-0.4, -0.2) is 21.7 Å². The lowest BCUT2D eigenvalue weighted by Gasteiger charge is -2.06. The molecule has 6 nitrogen and oxygen atoms in total. The number of benzene rings is 1. The number of aromatic nitrogens is 2. The molecule has 0 unspecified atom stereocenters. The van der Waals surface area contributed by atoms with Gasteiger partial charge in [-0.05, 0) is 23.8 Å². The Morgan fingerprint density at radius 3 is 3.00 bits per heavy atom. The zero-order valence-corrected chi connectivity index (χ0v) is 11.3. The summed E-state index contributed by atoms with van der Waals surface area (Å²) in [5, 5.41) is 3.11. The topological polar surface area (TPSA) is 82.3 Å². The first-order valence-corrected chi connectivity index (χ1v) is 6.38. The average molecular weight is 288 g/mol. The second-order valence-electron chi connectivity index (χ2n) is 4.17. The molecule has 0 aliphatic carbocycles. The monoisotopic (exact) mass is 288 g/mol. The number of anilines is 1. The van der Waals surface area contributed by atoms with Gasteiger partial charge in [0.25, 0.3) is 0 Å². The fraction of sp³-hybridized carbons (Fsp3) is 0.154. The summed E-state index contributed by atoms with van der Waals surface area (Å²) in [6, 6.07) is 7.43. The van der Waals surface area contributed by atoms with E-state index in [2.05, 4.69) is 15.3 Å². The van der Waals surface area contributed by atoms with Crippen LogP contribution in [0.3, 0.4) is 0 Å². The summed E-state index contributed by atoms with van der Waals surface area (Å²) in [5.74, 6) is 2.00. The van der Waals surface area contributed by atoms with Gasteiger partial charge in [0.1, 0.15) is 10.7 Å². The molecule has 0 saturated heterocycles. The molecular weight excluding hydrogens is 276 g/mol. The Balaban J connectivity index is 1.70. The maximum Gasteiger partial charge on any atom is 0.231 e. The minimum Gasteiger partial charge on any atom is -0.454 e. The van der Waals surface area contributed by atoms with Gasteiger partial charge in [-0.15, -0.1) is 0 Å². The number of nitrogens with zero attached hydrogens (tertiary/aromatic N) is 2. The van der Waals surface area contributed by atoms with E-state index in [9.17, 15) is 0 Å². The number of fused-ring (bicyclic) bond motifs is 1. The minimum atomic E-state index is 0.249. The van der Waals surface area contributed by atoms with Crippen molar-refractivity contribution < 1.29 is 9.47 Å². The molecule has 3 N–H and O–H groups in total. The van der Waals surface area contributed by atoms with E-state index in [0.717, 1.165) is 17.1 Å². The van der Waals surface area contributed by atoms with Crippen molar-refractivity contribution in [1.29, 1.82) is 0 Å². The van der Waals surface area contributed by atoms with Gasteiger partial charge in [0, 0.05) is 12.7 Å². The standard InChI is InChI=1S/C13H12N4O2S/c14-12(20)9-3-4-15-13(17-9)16-6-8-1-2-10-11(5-8)19-7-18-10/h1-5H,6-7H2,(H2,14,20)(H,15,16,17). The van der Waals surface area contributed by atoms with Crippen LogP contribution in [0.2, 0.25) is 0 Å². The average Bonchev–Trinajstić information content (AvgIpc) is 2.93. The quantitative estimate of drug-likeness (QED) is 0.824. The maximum absolute atomic E-state index is 5.53. The number of nitrogens with two attached hydrogens (primary N) is 1. The molecule has 0 radical (unpaired) electrons. The molecule has 0 spiro atoms. The van der Waals surface area contributed by atoms with Crippen LogP contribution in [0.25, 0.3) is 0 Å². The molecule has 0 saturated carbocycles. The smallest absolute Gasteiger partial charge is 0.231 e. The van der Waals surface area contributed by atoms with Crippen molar-refractivity contribution in [3.05, 3.63) is 41.7 Å². The van der Waals surface area contributed by atoms with Crippen LogP contribution < -0.4 is 20.5 Å². The van der Waals surface area contributed by atoms with Crippen molar-refractivity contribution in [2.45, 2.75) is 6.54 Å². The van der Waals surface area contributed by atoms with Crippen LogP contribution in [0.4, 0.5) is 5.95 Å². The number of thiocarbonyl (C=S) groups is 1. The Hall–Kier alpha value is -2.41. The van der Waals surface area contributed by atoms with E-state index in [0.29, 0.717) is 18.2 Å². The highest BCUT2D eigenvalue weighted by molar-refractivity contribution is 7.80. The van der Waals surface area contributed by atoms with E-state index in [4.69, 9.17) is 27.4 Å². The molecule has 20 heavy (non-hydrogen) atoms. The first-order chi connectivity index (χ1) is 9.72. The van der Waals surface area contributed by atoms with E-state index >= 15 is 0 Å². The molecule has 1 aromatic carbocycles. The highest BCUT2D eigenvalue weighted by Gasteiger charge is 2.13. The van der Waals surface area contributed by atoms with Gasteiger partial charge in [-0.3, -0.25) is 0 Å². The SMILES string of the molecule is NC(=S)c1ccnc(NCc2ccc3c(c2)OCO3)n1. The van der Waals surface area contributed by atoms with Crippen LogP contribution in [0.5, 0.6) is 11.5 Å². The lowest BCUT2D eigenvalue weighted by molar-refractivity contribution is 0.174. The Morgan fingerprint density at radius 1 is 1.30 bits per heavy atom. The van der Waals surface area contributed by atoms with Crippen molar-refractivity contribution in [1.82, 2.24) is 9.97 Å². The number of hydrogen-bond acceptors (Lipinski definition) is 6. The molecule has 2 aromatic rings. The highest BCUT2D eigenvalue weighted by Crippen LogP contribution is 2.32. The van der Waals surface area contributed by atoms with E-state index in [1.54, 1.807) is 12.3 Å². The third-order valence-corrected chi connectivity index (χ3v) is 3.00. The van der Waals surface area contributed by atoms with E-state index < -0.39 is 0 Å². The fourth-order valence-corrected chi connectivity index (χ4v) is 1.93. The summed E-state index contributed by atoms with van der Waals surface area (Å²) in [6.45, 7) is 0.836. The predicted octanol–water partition coefficient (Wildman–Crippen LogP) is 1.45. The molecular formula is C13H12N4O2S.